The fraction of sp³-hybridized carbons (Fsp3) is 0.900. The van der Waals surface area contributed by atoms with Crippen LogP contribution in [-0.4, -0.2) is 54.9 Å². The molecule has 1 fully saturated rings. The van der Waals surface area contributed by atoms with Crippen molar-refractivity contribution in [2.75, 3.05) is 39.3 Å². The van der Waals surface area contributed by atoms with Gasteiger partial charge in [-0.25, -0.2) is 0 Å². The fourth-order valence-corrected chi connectivity index (χ4v) is 1.70. The Morgan fingerprint density at radius 3 is 2.54 bits per heavy atom. The summed E-state index contributed by atoms with van der Waals surface area (Å²) in [4.78, 5) is 15.6. The van der Waals surface area contributed by atoms with E-state index in [0.29, 0.717) is 12.3 Å². The van der Waals surface area contributed by atoms with Crippen molar-refractivity contribution in [1.29, 1.82) is 0 Å². The van der Waals surface area contributed by atoms with Gasteiger partial charge in [0.25, 0.3) is 0 Å². The Labute approximate surface area is 80.7 Å². The summed E-state index contributed by atoms with van der Waals surface area (Å²) in [6, 6.07) is 0. The highest BCUT2D eigenvalue weighted by molar-refractivity contribution is 5.82. The molecule has 13 heavy (non-hydrogen) atoms. The highest BCUT2D eigenvalue weighted by Gasteiger charge is 2.18. The number of Topliss-reactive ketones (excluding diaryl/α,β-unsaturated/α-hetero) is 1. The van der Waals surface area contributed by atoms with Gasteiger partial charge in [-0.1, -0.05) is 13.8 Å². The molecular weight excluding hydrogens is 164 g/mol. The molecule has 0 aromatic heterocycles. The third-order valence-corrected chi connectivity index (χ3v) is 2.73. The predicted octanol–water partition coefficient (Wildman–Crippen LogP) is 0.603. The maximum Gasteiger partial charge on any atom is 0.148 e. The van der Waals surface area contributed by atoms with Gasteiger partial charge in [0, 0.05) is 26.1 Å². The minimum Gasteiger partial charge on any atom is -0.303 e. The van der Waals surface area contributed by atoms with Gasteiger partial charge in [0.15, 0.2) is 0 Å². The third kappa shape index (κ3) is 3.44. The van der Waals surface area contributed by atoms with Crippen molar-refractivity contribution in [2.45, 2.75) is 20.3 Å². The predicted molar refractivity (Wildman–Crippen MR) is 53.9 cm³/mol. The molecule has 0 radical (unpaired) electrons. The minimum atomic E-state index is 0.402. The number of likely N-dealkylation sites (N-methyl/N-ethyl adjacent to an activating group) is 1. The number of ketones is 1. The molecule has 0 bridgehead atoms. The van der Waals surface area contributed by atoms with Crippen LogP contribution in [-0.2, 0) is 4.79 Å². The number of nitrogens with zero attached hydrogens (tertiary/aromatic N) is 2. The molecule has 0 aliphatic carbocycles. The topological polar surface area (TPSA) is 23.6 Å². The number of hydrogen-bond donors (Lipinski definition) is 0. The minimum absolute atomic E-state index is 0.402. The monoisotopic (exact) mass is 184 g/mol. The van der Waals surface area contributed by atoms with E-state index in [1.165, 1.54) is 0 Å². The molecule has 1 saturated heterocycles. The van der Waals surface area contributed by atoms with Crippen LogP contribution in [0, 0.1) is 0 Å². The molecule has 3 heteroatoms. The first-order valence-corrected chi connectivity index (χ1v) is 5.22. The maximum absolute atomic E-state index is 11.0. The molecule has 76 valence electrons. The van der Waals surface area contributed by atoms with Crippen molar-refractivity contribution in [3.05, 3.63) is 0 Å². The summed E-state index contributed by atoms with van der Waals surface area (Å²) in [7, 11) is 0. The van der Waals surface area contributed by atoms with Crippen molar-refractivity contribution < 1.29 is 4.79 Å². The highest BCUT2D eigenvalue weighted by atomic mass is 16.1. The lowest BCUT2D eigenvalue weighted by Crippen LogP contribution is -2.34. The summed E-state index contributed by atoms with van der Waals surface area (Å²) < 4.78 is 0. The molecule has 1 rings (SSSR count). The fourth-order valence-electron chi connectivity index (χ4n) is 1.70. The van der Waals surface area contributed by atoms with Crippen LogP contribution in [0.4, 0.5) is 0 Å². The summed E-state index contributed by atoms with van der Waals surface area (Å²) in [6.45, 7) is 10.4. The smallest absolute Gasteiger partial charge is 0.148 e. The Kier molecular flexibility index (Phi) is 4.39. The van der Waals surface area contributed by atoms with Gasteiger partial charge in [-0.15, -0.1) is 0 Å². The average Bonchev–Trinajstić information content (AvgIpc) is 2.53. The first kappa shape index (κ1) is 10.7. The van der Waals surface area contributed by atoms with Gasteiger partial charge in [0.05, 0.1) is 6.54 Å². The molecule has 1 aliphatic heterocycles. The van der Waals surface area contributed by atoms with Crippen LogP contribution in [0.5, 0.6) is 0 Å². The van der Waals surface area contributed by atoms with Crippen molar-refractivity contribution in [2.24, 2.45) is 0 Å². The molecule has 1 aliphatic rings. The second-order valence-corrected chi connectivity index (χ2v) is 3.59. The Bertz CT molecular complexity index is 166. The van der Waals surface area contributed by atoms with E-state index in [9.17, 15) is 4.79 Å². The molecule has 0 spiro atoms. The number of carbonyl (C=O) groups excluding carboxylic acids is 1. The second-order valence-electron chi connectivity index (χ2n) is 3.59. The van der Waals surface area contributed by atoms with E-state index >= 15 is 0 Å². The normalized spacial score (nSPS) is 18.8. The van der Waals surface area contributed by atoms with Crippen LogP contribution < -0.4 is 0 Å². The Balaban J connectivity index is 2.14. The van der Waals surface area contributed by atoms with Crippen LogP contribution in [0.15, 0.2) is 0 Å². The van der Waals surface area contributed by atoms with Gasteiger partial charge in [-0.2, -0.15) is 0 Å². The SMILES string of the molecule is CCN(CC)CCN1CCC(=O)C1. The van der Waals surface area contributed by atoms with E-state index in [0.717, 1.165) is 39.1 Å². The van der Waals surface area contributed by atoms with E-state index in [1.54, 1.807) is 0 Å². The molecule has 0 atom stereocenters. The van der Waals surface area contributed by atoms with E-state index in [2.05, 4.69) is 23.6 Å². The van der Waals surface area contributed by atoms with Crippen LogP contribution >= 0.6 is 0 Å². The first-order chi connectivity index (χ1) is 6.26. The quantitative estimate of drug-likeness (QED) is 0.625. The lowest BCUT2D eigenvalue weighted by atomic mass is 10.4. The zero-order valence-electron chi connectivity index (χ0n) is 8.75. The summed E-state index contributed by atoms with van der Waals surface area (Å²) >= 11 is 0. The summed E-state index contributed by atoms with van der Waals surface area (Å²) in [5.41, 5.74) is 0. The van der Waals surface area contributed by atoms with E-state index in [-0.39, 0.29) is 0 Å². The Morgan fingerprint density at radius 1 is 1.38 bits per heavy atom. The van der Waals surface area contributed by atoms with Crippen molar-refractivity contribution in [3.63, 3.8) is 0 Å². The molecule has 0 aromatic rings. The molecule has 0 N–H and O–H groups in total. The molecule has 3 nitrogen and oxygen atoms in total. The summed E-state index contributed by atoms with van der Waals surface area (Å²) in [6.07, 6.45) is 0.762. The summed E-state index contributed by atoms with van der Waals surface area (Å²) in [5.74, 6) is 0.402. The number of hydrogen-bond acceptors (Lipinski definition) is 3. The number of likely N-dealkylation sites (tertiary alicyclic amines) is 1. The van der Waals surface area contributed by atoms with Crippen molar-refractivity contribution in [3.8, 4) is 0 Å². The van der Waals surface area contributed by atoms with Gasteiger partial charge < -0.3 is 4.90 Å². The van der Waals surface area contributed by atoms with E-state index in [1.807, 2.05) is 0 Å². The molecule has 0 amide bonds. The number of carbonyl (C=O) groups is 1. The van der Waals surface area contributed by atoms with Crippen molar-refractivity contribution >= 4 is 5.78 Å². The van der Waals surface area contributed by atoms with Crippen LogP contribution in [0.1, 0.15) is 20.3 Å². The average molecular weight is 184 g/mol. The van der Waals surface area contributed by atoms with Gasteiger partial charge in [0.1, 0.15) is 5.78 Å². The Morgan fingerprint density at radius 2 is 2.08 bits per heavy atom. The van der Waals surface area contributed by atoms with Gasteiger partial charge in [0.2, 0.25) is 0 Å². The molecular formula is C10H20N2O. The lowest BCUT2D eigenvalue weighted by Gasteiger charge is -2.21. The number of rotatable bonds is 5. The zero-order chi connectivity index (χ0) is 9.68. The van der Waals surface area contributed by atoms with Gasteiger partial charge >= 0.3 is 0 Å². The zero-order valence-corrected chi connectivity index (χ0v) is 8.75. The molecule has 0 saturated carbocycles. The lowest BCUT2D eigenvalue weighted by molar-refractivity contribution is -0.116. The summed E-state index contributed by atoms with van der Waals surface area (Å²) in [5, 5.41) is 0. The van der Waals surface area contributed by atoms with Crippen molar-refractivity contribution in [1.82, 2.24) is 9.80 Å². The molecule has 0 unspecified atom stereocenters. The van der Waals surface area contributed by atoms with Crippen LogP contribution in [0.3, 0.4) is 0 Å². The van der Waals surface area contributed by atoms with E-state index in [4.69, 9.17) is 0 Å². The Hall–Kier alpha value is -0.410. The van der Waals surface area contributed by atoms with E-state index < -0.39 is 0 Å². The van der Waals surface area contributed by atoms with Gasteiger partial charge in [-0.05, 0) is 13.1 Å². The molecule has 0 aromatic carbocycles. The highest BCUT2D eigenvalue weighted by Crippen LogP contribution is 2.03. The largest absolute Gasteiger partial charge is 0.303 e. The second kappa shape index (κ2) is 5.35. The standard InChI is InChI=1S/C10H20N2O/c1-3-11(4-2)7-8-12-6-5-10(13)9-12/h3-9H2,1-2H3. The first-order valence-electron chi connectivity index (χ1n) is 5.22. The van der Waals surface area contributed by atoms with Crippen LogP contribution in [0.2, 0.25) is 0 Å². The maximum atomic E-state index is 11.0. The molecule has 1 heterocycles. The van der Waals surface area contributed by atoms with Gasteiger partial charge in [-0.3, -0.25) is 9.69 Å². The van der Waals surface area contributed by atoms with Crippen LogP contribution in [0.25, 0.3) is 0 Å². The third-order valence-electron chi connectivity index (χ3n) is 2.73.